The summed E-state index contributed by atoms with van der Waals surface area (Å²) in [5.74, 6) is 0. The van der Waals surface area contributed by atoms with Gasteiger partial charge in [-0.05, 0) is 0 Å². The van der Waals surface area contributed by atoms with Crippen molar-refractivity contribution in [3.05, 3.63) is 0 Å². The number of ether oxygens (including phenoxy) is 1. The van der Waals surface area contributed by atoms with Crippen molar-refractivity contribution in [2.75, 3.05) is 32.9 Å². The summed E-state index contributed by atoms with van der Waals surface area (Å²) in [6.45, 7) is 3.16. The molecule has 1 aliphatic rings. The van der Waals surface area contributed by atoms with Crippen molar-refractivity contribution in [2.45, 2.75) is 6.17 Å². The summed E-state index contributed by atoms with van der Waals surface area (Å²) < 4.78 is 5.12. The number of aliphatic hydroxyl groups is 1. The molecule has 0 aromatic rings. The lowest BCUT2D eigenvalue weighted by atomic mass is 10.4. The second-order valence-electron chi connectivity index (χ2n) is 2.40. The van der Waals surface area contributed by atoms with Crippen LogP contribution in [0.1, 0.15) is 0 Å². The van der Waals surface area contributed by atoms with Gasteiger partial charge in [0.05, 0.1) is 26.0 Å². The molecule has 0 spiro atoms. The van der Waals surface area contributed by atoms with Crippen LogP contribution < -0.4 is 5.73 Å². The zero-order chi connectivity index (χ0) is 7.40. The van der Waals surface area contributed by atoms with Crippen LogP contribution in [-0.4, -0.2) is 49.1 Å². The third-order valence-corrected chi connectivity index (χ3v) is 1.70. The SMILES string of the molecule is NC(CO)N1CCOCC1. The fraction of sp³-hybridized carbons (Fsp3) is 1.00. The number of nitrogens with zero attached hydrogens (tertiary/aromatic N) is 1. The molecule has 60 valence electrons. The quantitative estimate of drug-likeness (QED) is 0.503. The number of rotatable bonds is 2. The maximum Gasteiger partial charge on any atom is 0.0811 e. The first-order chi connectivity index (χ1) is 4.84. The Balaban J connectivity index is 2.24. The molecule has 1 saturated heterocycles. The van der Waals surface area contributed by atoms with Gasteiger partial charge < -0.3 is 15.6 Å². The van der Waals surface area contributed by atoms with Gasteiger partial charge >= 0.3 is 0 Å². The maximum absolute atomic E-state index is 8.68. The van der Waals surface area contributed by atoms with Crippen molar-refractivity contribution >= 4 is 0 Å². The van der Waals surface area contributed by atoms with E-state index in [2.05, 4.69) is 0 Å². The smallest absolute Gasteiger partial charge is 0.0811 e. The van der Waals surface area contributed by atoms with Crippen LogP contribution in [0, 0.1) is 0 Å². The molecule has 3 N–H and O–H groups in total. The summed E-state index contributed by atoms with van der Waals surface area (Å²) in [4.78, 5) is 2.02. The molecule has 0 saturated carbocycles. The Morgan fingerprint density at radius 2 is 2.10 bits per heavy atom. The number of aliphatic hydroxyl groups excluding tert-OH is 1. The van der Waals surface area contributed by atoms with Crippen molar-refractivity contribution in [1.29, 1.82) is 0 Å². The van der Waals surface area contributed by atoms with Gasteiger partial charge in [0, 0.05) is 13.1 Å². The molecule has 1 rings (SSSR count). The Labute approximate surface area is 60.6 Å². The predicted octanol–water partition coefficient (Wildman–Crippen LogP) is -1.40. The van der Waals surface area contributed by atoms with Crippen LogP contribution in [0.5, 0.6) is 0 Å². The normalized spacial score (nSPS) is 24.6. The van der Waals surface area contributed by atoms with Gasteiger partial charge in [0.25, 0.3) is 0 Å². The molecule has 1 heterocycles. The van der Waals surface area contributed by atoms with Crippen LogP contribution in [0.4, 0.5) is 0 Å². The van der Waals surface area contributed by atoms with E-state index >= 15 is 0 Å². The van der Waals surface area contributed by atoms with Crippen LogP contribution in [0.3, 0.4) is 0 Å². The Morgan fingerprint density at radius 3 is 2.60 bits per heavy atom. The maximum atomic E-state index is 8.68. The monoisotopic (exact) mass is 146 g/mol. The molecule has 0 aromatic carbocycles. The fourth-order valence-electron chi connectivity index (χ4n) is 1.02. The Kier molecular flexibility index (Phi) is 3.08. The van der Waals surface area contributed by atoms with E-state index in [4.69, 9.17) is 15.6 Å². The Hall–Kier alpha value is -0.160. The molecule has 10 heavy (non-hydrogen) atoms. The number of hydrogen-bond acceptors (Lipinski definition) is 4. The molecule has 0 aromatic heterocycles. The van der Waals surface area contributed by atoms with Gasteiger partial charge in [0.1, 0.15) is 0 Å². The van der Waals surface area contributed by atoms with Gasteiger partial charge in [-0.25, -0.2) is 0 Å². The molecular formula is C6H14N2O2. The standard InChI is InChI=1S/C6H14N2O2/c7-6(5-9)8-1-3-10-4-2-8/h6,9H,1-5,7H2. The molecule has 1 fully saturated rings. The highest BCUT2D eigenvalue weighted by Gasteiger charge is 2.15. The molecule has 4 heteroatoms. The van der Waals surface area contributed by atoms with Crippen LogP contribution in [0.25, 0.3) is 0 Å². The van der Waals surface area contributed by atoms with Crippen LogP contribution >= 0.6 is 0 Å². The molecule has 0 amide bonds. The fourth-order valence-corrected chi connectivity index (χ4v) is 1.02. The van der Waals surface area contributed by atoms with Crippen LogP contribution in [0.2, 0.25) is 0 Å². The van der Waals surface area contributed by atoms with Crippen molar-refractivity contribution < 1.29 is 9.84 Å². The van der Waals surface area contributed by atoms with E-state index in [1.54, 1.807) is 0 Å². The third kappa shape index (κ3) is 1.91. The van der Waals surface area contributed by atoms with Gasteiger partial charge in [-0.2, -0.15) is 0 Å². The molecule has 1 aliphatic heterocycles. The molecule has 1 unspecified atom stereocenters. The highest BCUT2D eigenvalue weighted by atomic mass is 16.5. The summed E-state index contributed by atoms with van der Waals surface area (Å²) >= 11 is 0. The molecule has 0 bridgehead atoms. The summed E-state index contributed by atoms with van der Waals surface area (Å²) in [6.07, 6.45) is -0.205. The first-order valence-electron chi connectivity index (χ1n) is 3.53. The molecule has 0 radical (unpaired) electrons. The van der Waals surface area contributed by atoms with E-state index in [0.29, 0.717) is 0 Å². The molecular weight excluding hydrogens is 132 g/mol. The van der Waals surface area contributed by atoms with E-state index in [-0.39, 0.29) is 12.8 Å². The highest BCUT2D eigenvalue weighted by molar-refractivity contribution is 4.67. The lowest BCUT2D eigenvalue weighted by Crippen LogP contribution is -2.49. The zero-order valence-corrected chi connectivity index (χ0v) is 5.99. The predicted molar refractivity (Wildman–Crippen MR) is 37.5 cm³/mol. The number of hydrogen-bond donors (Lipinski definition) is 2. The summed E-state index contributed by atoms with van der Waals surface area (Å²) in [7, 11) is 0. The topological polar surface area (TPSA) is 58.7 Å². The van der Waals surface area contributed by atoms with Gasteiger partial charge in [-0.3, -0.25) is 4.90 Å². The second-order valence-corrected chi connectivity index (χ2v) is 2.40. The van der Waals surface area contributed by atoms with Crippen molar-refractivity contribution in [3.63, 3.8) is 0 Å². The van der Waals surface area contributed by atoms with Crippen LogP contribution in [0.15, 0.2) is 0 Å². The van der Waals surface area contributed by atoms with Gasteiger partial charge in [0.2, 0.25) is 0 Å². The van der Waals surface area contributed by atoms with Gasteiger partial charge in [0.15, 0.2) is 0 Å². The van der Waals surface area contributed by atoms with Crippen LogP contribution in [-0.2, 0) is 4.74 Å². The lowest BCUT2D eigenvalue weighted by Gasteiger charge is -2.30. The van der Waals surface area contributed by atoms with Gasteiger partial charge in [-0.15, -0.1) is 0 Å². The van der Waals surface area contributed by atoms with E-state index in [1.165, 1.54) is 0 Å². The summed E-state index contributed by atoms with van der Waals surface area (Å²) in [5, 5.41) is 8.68. The number of nitrogens with two attached hydrogens (primary N) is 1. The molecule has 0 aliphatic carbocycles. The second kappa shape index (κ2) is 3.88. The van der Waals surface area contributed by atoms with Crippen molar-refractivity contribution in [2.24, 2.45) is 5.73 Å². The van der Waals surface area contributed by atoms with Gasteiger partial charge in [-0.1, -0.05) is 0 Å². The zero-order valence-electron chi connectivity index (χ0n) is 5.99. The minimum atomic E-state index is -0.205. The number of morpholine rings is 1. The lowest BCUT2D eigenvalue weighted by molar-refractivity contribution is 0.00490. The first kappa shape index (κ1) is 7.94. The van der Waals surface area contributed by atoms with E-state index in [9.17, 15) is 0 Å². The molecule has 1 atom stereocenters. The highest BCUT2D eigenvalue weighted by Crippen LogP contribution is 1.98. The summed E-state index contributed by atoms with van der Waals surface area (Å²) in [5.41, 5.74) is 5.57. The third-order valence-electron chi connectivity index (χ3n) is 1.70. The largest absolute Gasteiger partial charge is 0.393 e. The Bertz CT molecular complexity index is 93.7. The average molecular weight is 146 g/mol. The summed E-state index contributed by atoms with van der Waals surface area (Å²) in [6, 6.07) is 0. The van der Waals surface area contributed by atoms with Crippen molar-refractivity contribution in [3.8, 4) is 0 Å². The molecule has 4 nitrogen and oxygen atoms in total. The first-order valence-corrected chi connectivity index (χ1v) is 3.53. The van der Waals surface area contributed by atoms with E-state index in [1.807, 2.05) is 4.90 Å². The minimum Gasteiger partial charge on any atom is -0.393 e. The Morgan fingerprint density at radius 1 is 1.50 bits per heavy atom. The minimum absolute atomic E-state index is 0.0278. The average Bonchev–Trinajstić information content (AvgIpc) is 2.05. The van der Waals surface area contributed by atoms with Crippen molar-refractivity contribution in [1.82, 2.24) is 4.90 Å². The van der Waals surface area contributed by atoms with E-state index < -0.39 is 0 Å². The van der Waals surface area contributed by atoms with E-state index in [0.717, 1.165) is 26.3 Å².